The highest BCUT2D eigenvalue weighted by Gasteiger charge is 1.95. The van der Waals surface area contributed by atoms with Crippen molar-refractivity contribution < 1.29 is 4.39 Å². The molecule has 0 amide bonds. The van der Waals surface area contributed by atoms with E-state index in [0.717, 1.165) is 19.5 Å². The smallest absolute Gasteiger partial charge is 0.123 e. The van der Waals surface area contributed by atoms with Crippen molar-refractivity contribution >= 4 is 0 Å². The van der Waals surface area contributed by atoms with Crippen LogP contribution in [-0.4, -0.2) is 13.1 Å². The lowest BCUT2D eigenvalue weighted by molar-refractivity contribution is 0.547. The molecule has 126 valence electrons. The lowest BCUT2D eigenvalue weighted by atomic mass is 10.1. The number of hydrogen-bond acceptors (Lipinski definition) is 1. The van der Waals surface area contributed by atoms with Crippen LogP contribution in [0.3, 0.4) is 0 Å². The average Bonchev–Trinajstić information content (AvgIpc) is 2.53. The number of rotatable bonds is 14. The van der Waals surface area contributed by atoms with Crippen molar-refractivity contribution in [2.45, 2.75) is 77.6 Å². The minimum Gasteiger partial charge on any atom is -0.317 e. The van der Waals surface area contributed by atoms with Crippen LogP contribution >= 0.6 is 0 Å². The third kappa shape index (κ3) is 10.8. The van der Waals surface area contributed by atoms with Crippen molar-refractivity contribution in [1.82, 2.24) is 5.32 Å². The zero-order valence-electron chi connectivity index (χ0n) is 14.4. The Morgan fingerprint density at radius 2 is 1.27 bits per heavy atom. The molecule has 0 aliphatic carbocycles. The molecule has 1 aromatic rings. The standard InChI is InChI=1S/C20H34FN/c1-2-3-4-5-6-7-8-10-17-22-18-11-9-12-19-13-15-20(21)16-14-19/h13-16,22H,2-12,17-18H2,1H3. The van der Waals surface area contributed by atoms with Crippen LogP contribution in [0.25, 0.3) is 0 Å². The fourth-order valence-electron chi connectivity index (χ4n) is 2.74. The summed E-state index contributed by atoms with van der Waals surface area (Å²) in [5.41, 5.74) is 1.24. The van der Waals surface area contributed by atoms with Gasteiger partial charge >= 0.3 is 0 Å². The second-order valence-corrected chi connectivity index (χ2v) is 6.31. The summed E-state index contributed by atoms with van der Waals surface area (Å²) >= 11 is 0. The first-order valence-corrected chi connectivity index (χ1v) is 9.28. The predicted octanol–water partition coefficient (Wildman–Crippen LogP) is 5.88. The van der Waals surface area contributed by atoms with E-state index in [1.807, 2.05) is 12.1 Å². The Labute approximate surface area is 136 Å². The van der Waals surface area contributed by atoms with Gasteiger partial charge < -0.3 is 5.32 Å². The molecule has 1 nitrogen and oxygen atoms in total. The number of aryl methyl sites for hydroxylation is 1. The summed E-state index contributed by atoms with van der Waals surface area (Å²) in [6.07, 6.45) is 14.5. The maximum absolute atomic E-state index is 12.8. The Balaban J connectivity index is 1.79. The molecular formula is C20H34FN. The molecule has 0 atom stereocenters. The summed E-state index contributed by atoms with van der Waals surface area (Å²) < 4.78 is 12.8. The molecule has 0 radical (unpaired) electrons. The average molecular weight is 307 g/mol. The van der Waals surface area contributed by atoms with Gasteiger partial charge in [-0.05, 0) is 56.5 Å². The SMILES string of the molecule is CCCCCCCCCCNCCCCc1ccc(F)cc1. The molecule has 0 fully saturated rings. The molecule has 2 heteroatoms. The van der Waals surface area contributed by atoms with Crippen LogP contribution < -0.4 is 5.32 Å². The predicted molar refractivity (Wildman–Crippen MR) is 94.8 cm³/mol. The third-order valence-electron chi connectivity index (χ3n) is 4.19. The van der Waals surface area contributed by atoms with E-state index in [9.17, 15) is 4.39 Å². The van der Waals surface area contributed by atoms with Gasteiger partial charge in [0.1, 0.15) is 5.82 Å². The molecule has 0 unspecified atom stereocenters. The summed E-state index contributed by atoms with van der Waals surface area (Å²) in [6.45, 7) is 4.54. The third-order valence-corrected chi connectivity index (χ3v) is 4.19. The summed E-state index contributed by atoms with van der Waals surface area (Å²) in [6, 6.07) is 6.89. The Bertz CT molecular complexity index is 347. The minimum absolute atomic E-state index is 0.143. The second kappa shape index (κ2) is 13.8. The van der Waals surface area contributed by atoms with Gasteiger partial charge in [-0.25, -0.2) is 4.39 Å². The second-order valence-electron chi connectivity index (χ2n) is 6.31. The first kappa shape index (κ1) is 19.2. The molecule has 0 bridgehead atoms. The molecule has 0 aromatic heterocycles. The van der Waals surface area contributed by atoms with E-state index >= 15 is 0 Å². The van der Waals surface area contributed by atoms with Gasteiger partial charge in [0.15, 0.2) is 0 Å². The van der Waals surface area contributed by atoms with E-state index in [2.05, 4.69) is 12.2 Å². The van der Waals surface area contributed by atoms with E-state index in [1.54, 1.807) is 12.1 Å². The van der Waals surface area contributed by atoms with Crippen LogP contribution in [0.2, 0.25) is 0 Å². The first-order chi connectivity index (χ1) is 10.8. The van der Waals surface area contributed by atoms with Gasteiger partial charge in [0.25, 0.3) is 0 Å². The van der Waals surface area contributed by atoms with E-state index in [4.69, 9.17) is 0 Å². The van der Waals surface area contributed by atoms with Gasteiger partial charge in [-0.15, -0.1) is 0 Å². The minimum atomic E-state index is -0.143. The molecule has 0 aliphatic heterocycles. The highest BCUT2D eigenvalue weighted by atomic mass is 19.1. The largest absolute Gasteiger partial charge is 0.317 e. The van der Waals surface area contributed by atoms with Gasteiger partial charge in [-0.3, -0.25) is 0 Å². The Hall–Kier alpha value is -0.890. The van der Waals surface area contributed by atoms with Gasteiger partial charge in [0.05, 0.1) is 0 Å². The van der Waals surface area contributed by atoms with Crippen molar-refractivity contribution in [2.75, 3.05) is 13.1 Å². The first-order valence-electron chi connectivity index (χ1n) is 9.28. The molecule has 0 heterocycles. The van der Waals surface area contributed by atoms with Crippen molar-refractivity contribution in [1.29, 1.82) is 0 Å². The summed E-state index contributed by atoms with van der Waals surface area (Å²) in [7, 11) is 0. The van der Waals surface area contributed by atoms with E-state index < -0.39 is 0 Å². The molecule has 0 saturated heterocycles. The summed E-state index contributed by atoms with van der Waals surface area (Å²) in [5.74, 6) is -0.143. The molecule has 1 aromatic carbocycles. The van der Waals surface area contributed by atoms with Crippen LogP contribution in [0, 0.1) is 5.82 Å². The Morgan fingerprint density at radius 1 is 0.727 bits per heavy atom. The molecule has 0 aliphatic rings. The normalized spacial score (nSPS) is 11.0. The number of halogens is 1. The van der Waals surface area contributed by atoms with E-state index in [-0.39, 0.29) is 5.82 Å². The van der Waals surface area contributed by atoms with E-state index in [0.29, 0.717) is 0 Å². The summed E-state index contributed by atoms with van der Waals surface area (Å²) in [5, 5.41) is 3.53. The summed E-state index contributed by atoms with van der Waals surface area (Å²) in [4.78, 5) is 0. The fraction of sp³-hybridized carbons (Fsp3) is 0.700. The molecule has 1 rings (SSSR count). The maximum Gasteiger partial charge on any atom is 0.123 e. The number of nitrogens with one attached hydrogen (secondary N) is 1. The zero-order chi connectivity index (χ0) is 15.9. The highest BCUT2D eigenvalue weighted by molar-refractivity contribution is 5.15. The topological polar surface area (TPSA) is 12.0 Å². The van der Waals surface area contributed by atoms with Crippen LogP contribution in [-0.2, 0) is 6.42 Å². The fourth-order valence-corrected chi connectivity index (χ4v) is 2.74. The molecular weight excluding hydrogens is 273 g/mol. The van der Waals surface area contributed by atoms with Crippen LogP contribution in [0.15, 0.2) is 24.3 Å². The zero-order valence-corrected chi connectivity index (χ0v) is 14.4. The van der Waals surface area contributed by atoms with Gasteiger partial charge in [0.2, 0.25) is 0 Å². The molecule has 22 heavy (non-hydrogen) atoms. The van der Waals surface area contributed by atoms with Crippen molar-refractivity contribution in [3.63, 3.8) is 0 Å². The molecule has 1 N–H and O–H groups in total. The molecule has 0 spiro atoms. The van der Waals surface area contributed by atoms with Gasteiger partial charge in [-0.2, -0.15) is 0 Å². The van der Waals surface area contributed by atoms with Crippen molar-refractivity contribution in [3.05, 3.63) is 35.6 Å². The Kier molecular flexibility index (Phi) is 12.0. The van der Waals surface area contributed by atoms with Crippen molar-refractivity contribution in [3.8, 4) is 0 Å². The monoisotopic (exact) mass is 307 g/mol. The van der Waals surface area contributed by atoms with Crippen LogP contribution in [0.5, 0.6) is 0 Å². The van der Waals surface area contributed by atoms with E-state index in [1.165, 1.54) is 69.8 Å². The lowest BCUT2D eigenvalue weighted by Gasteiger charge is -2.05. The van der Waals surface area contributed by atoms with Gasteiger partial charge in [0, 0.05) is 0 Å². The van der Waals surface area contributed by atoms with Crippen LogP contribution in [0.4, 0.5) is 4.39 Å². The number of hydrogen-bond donors (Lipinski definition) is 1. The number of benzene rings is 1. The highest BCUT2D eigenvalue weighted by Crippen LogP contribution is 2.08. The maximum atomic E-state index is 12.8. The lowest BCUT2D eigenvalue weighted by Crippen LogP contribution is -2.16. The number of unbranched alkanes of at least 4 members (excludes halogenated alkanes) is 8. The quantitative estimate of drug-likeness (QED) is 0.423. The van der Waals surface area contributed by atoms with Gasteiger partial charge in [-0.1, -0.05) is 64.0 Å². The van der Waals surface area contributed by atoms with Crippen LogP contribution in [0.1, 0.15) is 76.7 Å². The Morgan fingerprint density at radius 3 is 1.91 bits per heavy atom. The molecule has 0 saturated carbocycles. The van der Waals surface area contributed by atoms with Crippen molar-refractivity contribution in [2.24, 2.45) is 0 Å².